The minimum atomic E-state index is 0.161. The molecule has 0 bridgehead atoms. The molecule has 1 fully saturated rings. The van der Waals surface area contributed by atoms with Crippen molar-refractivity contribution in [2.75, 3.05) is 33.3 Å². The molecule has 0 spiro atoms. The van der Waals surface area contributed by atoms with E-state index in [1.807, 2.05) is 30.5 Å². The molecule has 1 saturated heterocycles. The number of nitrogens with zero attached hydrogens (tertiary/aromatic N) is 3. The van der Waals surface area contributed by atoms with Crippen molar-refractivity contribution in [2.45, 2.75) is 38.8 Å². The third-order valence-corrected chi connectivity index (χ3v) is 5.30. The molecule has 0 atom stereocenters. The highest BCUT2D eigenvalue weighted by atomic mass is 16.5. The van der Waals surface area contributed by atoms with Crippen molar-refractivity contribution in [3.8, 4) is 11.5 Å². The number of aliphatic imine (C=N–C) groups is 1. The lowest BCUT2D eigenvalue weighted by Crippen LogP contribution is -2.48. The topological polar surface area (TPSA) is 82.0 Å². The number of hydrogen-bond acceptors (Lipinski definition) is 5. The van der Waals surface area contributed by atoms with Crippen LogP contribution in [0.2, 0.25) is 0 Å². The maximum Gasteiger partial charge on any atom is 0.191 e. The Kier molecular flexibility index (Phi) is 8.32. The Morgan fingerprint density at radius 2 is 2.10 bits per heavy atom. The van der Waals surface area contributed by atoms with E-state index >= 15 is 0 Å². The minimum absolute atomic E-state index is 0.161. The van der Waals surface area contributed by atoms with Gasteiger partial charge in [-0.3, -0.25) is 14.9 Å². The highest BCUT2D eigenvalue weighted by Crippen LogP contribution is 2.26. The Balaban J connectivity index is 1.47. The Hall–Kier alpha value is -2.80. The van der Waals surface area contributed by atoms with E-state index in [1.165, 1.54) is 0 Å². The maximum atomic E-state index is 9.72. The second kappa shape index (κ2) is 11.4. The van der Waals surface area contributed by atoms with Crippen molar-refractivity contribution in [3.05, 3.63) is 53.9 Å². The van der Waals surface area contributed by atoms with Gasteiger partial charge in [-0.05, 0) is 56.0 Å². The number of phenolic OH excluding ortho intramolecular Hbond substituents is 1. The van der Waals surface area contributed by atoms with Crippen LogP contribution < -0.4 is 15.4 Å². The molecule has 1 aromatic heterocycles. The zero-order valence-electron chi connectivity index (χ0n) is 18.0. The molecule has 0 amide bonds. The normalized spacial score (nSPS) is 15.7. The lowest BCUT2D eigenvalue weighted by atomic mass is 10.0. The number of nitrogens with one attached hydrogen (secondary N) is 2. The first-order valence-electron chi connectivity index (χ1n) is 10.7. The predicted molar refractivity (Wildman–Crippen MR) is 120 cm³/mol. The van der Waals surface area contributed by atoms with Crippen LogP contribution >= 0.6 is 0 Å². The molecule has 0 aliphatic carbocycles. The summed E-state index contributed by atoms with van der Waals surface area (Å²) in [5, 5.41) is 16.7. The molecule has 162 valence electrons. The number of benzene rings is 1. The van der Waals surface area contributed by atoms with Crippen LogP contribution in [0.1, 0.15) is 31.0 Å². The van der Waals surface area contributed by atoms with Gasteiger partial charge in [-0.15, -0.1) is 0 Å². The molecule has 1 aliphatic heterocycles. The van der Waals surface area contributed by atoms with Gasteiger partial charge in [0.15, 0.2) is 17.5 Å². The molecule has 0 saturated carbocycles. The van der Waals surface area contributed by atoms with E-state index in [0.29, 0.717) is 18.3 Å². The number of rotatable bonds is 8. The van der Waals surface area contributed by atoms with Crippen LogP contribution in [0.25, 0.3) is 0 Å². The van der Waals surface area contributed by atoms with E-state index in [9.17, 15) is 5.11 Å². The van der Waals surface area contributed by atoms with Gasteiger partial charge >= 0.3 is 0 Å². The first-order valence-corrected chi connectivity index (χ1v) is 10.7. The van der Waals surface area contributed by atoms with Gasteiger partial charge in [0.25, 0.3) is 0 Å². The van der Waals surface area contributed by atoms with Crippen molar-refractivity contribution >= 4 is 5.96 Å². The van der Waals surface area contributed by atoms with E-state index in [-0.39, 0.29) is 5.75 Å². The maximum absolute atomic E-state index is 9.72. The fraction of sp³-hybridized carbons (Fsp3) is 0.478. The lowest BCUT2D eigenvalue weighted by molar-refractivity contribution is 0.196. The van der Waals surface area contributed by atoms with Crippen LogP contribution in [0, 0.1) is 0 Å². The van der Waals surface area contributed by atoms with Crippen LogP contribution in [-0.4, -0.2) is 60.3 Å². The average Bonchev–Trinajstić information content (AvgIpc) is 2.77. The fourth-order valence-electron chi connectivity index (χ4n) is 3.64. The quantitative estimate of drug-likeness (QED) is 0.458. The molecule has 0 radical (unpaired) electrons. The van der Waals surface area contributed by atoms with Crippen molar-refractivity contribution in [2.24, 2.45) is 4.99 Å². The van der Waals surface area contributed by atoms with Crippen molar-refractivity contribution in [3.63, 3.8) is 0 Å². The Morgan fingerprint density at radius 3 is 2.80 bits per heavy atom. The summed E-state index contributed by atoms with van der Waals surface area (Å²) in [6.07, 6.45) is 4.82. The molecule has 0 unspecified atom stereocenters. The summed E-state index contributed by atoms with van der Waals surface area (Å²) >= 11 is 0. The van der Waals surface area contributed by atoms with E-state index < -0.39 is 0 Å². The van der Waals surface area contributed by atoms with Gasteiger partial charge in [0, 0.05) is 45.0 Å². The van der Waals surface area contributed by atoms with Crippen LogP contribution in [0.4, 0.5) is 0 Å². The standard InChI is InChI=1S/C23H33N5O2/c1-3-24-23(26-13-9-18-7-8-21(29)22(16-18)30-2)27-19-10-14-28(15-11-19)17-20-6-4-5-12-25-20/h4-8,12,16,19,29H,3,9-11,13-15,17H2,1-2H3,(H2,24,26,27). The number of phenols is 1. The second-order valence-corrected chi connectivity index (χ2v) is 7.53. The lowest BCUT2D eigenvalue weighted by Gasteiger charge is -2.32. The van der Waals surface area contributed by atoms with E-state index in [4.69, 9.17) is 9.73 Å². The first-order chi connectivity index (χ1) is 14.7. The molecule has 1 aliphatic rings. The predicted octanol–water partition coefficient (Wildman–Crippen LogP) is 2.56. The van der Waals surface area contributed by atoms with Crippen LogP contribution in [0.3, 0.4) is 0 Å². The Labute approximate surface area is 179 Å². The molecule has 30 heavy (non-hydrogen) atoms. The monoisotopic (exact) mass is 411 g/mol. The number of likely N-dealkylation sites (tertiary alicyclic amines) is 1. The summed E-state index contributed by atoms with van der Waals surface area (Å²) in [5.74, 6) is 1.53. The summed E-state index contributed by atoms with van der Waals surface area (Å²) in [6.45, 7) is 6.61. The number of pyridine rings is 1. The van der Waals surface area contributed by atoms with Gasteiger partial charge in [0.1, 0.15) is 0 Å². The number of methoxy groups -OCH3 is 1. The van der Waals surface area contributed by atoms with Gasteiger partial charge in [-0.2, -0.15) is 0 Å². The zero-order chi connectivity index (χ0) is 21.2. The largest absolute Gasteiger partial charge is 0.504 e. The highest BCUT2D eigenvalue weighted by Gasteiger charge is 2.20. The molecule has 2 aromatic rings. The molecule has 3 rings (SSSR count). The van der Waals surface area contributed by atoms with Gasteiger partial charge in [0.05, 0.1) is 12.8 Å². The summed E-state index contributed by atoms with van der Waals surface area (Å²) in [4.78, 5) is 11.6. The minimum Gasteiger partial charge on any atom is -0.504 e. The zero-order valence-corrected chi connectivity index (χ0v) is 18.0. The van der Waals surface area contributed by atoms with Crippen LogP contribution in [-0.2, 0) is 13.0 Å². The molecule has 2 heterocycles. The van der Waals surface area contributed by atoms with E-state index in [1.54, 1.807) is 13.2 Å². The Morgan fingerprint density at radius 1 is 1.27 bits per heavy atom. The molecule has 1 aromatic carbocycles. The third-order valence-electron chi connectivity index (χ3n) is 5.30. The van der Waals surface area contributed by atoms with Gasteiger partial charge < -0.3 is 20.5 Å². The van der Waals surface area contributed by atoms with Crippen molar-refractivity contribution in [1.82, 2.24) is 20.5 Å². The number of hydrogen-bond donors (Lipinski definition) is 3. The number of aromatic nitrogens is 1. The molecule has 7 heteroatoms. The fourth-order valence-corrected chi connectivity index (χ4v) is 3.64. The van der Waals surface area contributed by atoms with Gasteiger partial charge in [-0.1, -0.05) is 12.1 Å². The molecule has 3 N–H and O–H groups in total. The van der Waals surface area contributed by atoms with Crippen molar-refractivity contribution < 1.29 is 9.84 Å². The molecular weight excluding hydrogens is 378 g/mol. The molecule has 7 nitrogen and oxygen atoms in total. The average molecular weight is 412 g/mol. The van der Waals surface area contributed by atoms with Gasteiger partial charge in [-0.25, -0.2) is 0 Å². The summed E-state index contributed by atoms with van der Waals surface area (Å²) < 4.78 is 5.18. The molecular formula is C23H33N5O2. The van der Waals surface area contributed by atoms with Crippen LogP contribution in [0.5, 0.6) is 11.5 Å². The summed E-state index contributed by atoms with van der Waals surface area (Å²) in [5.41, 5.74) is 2.22. The number of guanidine groups is 1. The first kappa shape index (κ1) is 21.9. The summed E-state index contributed by atoms with van der Waals surface area (Å²) in [7, 11) is 1.56. The van der Waals surface area contributed by atoms with E-state index in [2.05, 4.69) is 33.5 Å². The van der Waals surface area contributed by atoms with Gasteiger partial charge in [0.2, 0.25) is 0 Å². The number of piperidine rings is 1. The Bertz CT molecular complexity index is 804. The SMILES string of the molecule is CCNC(=NCCc1ccc(O)c(OC)c1)NC1CCN(Cc2ccccn2)CC1. The third kappa shape index (κ3) is 6.62. The summed E-state index contributed by atoms with van der Waals surface area (Å²) in [6, 6.07) is 12.0. The number of aromatic hydroxyl groups is 1. The highest BCUT2D eigenvalue weighted by molar-refractivity contribution is 5.80. The second-order valence-electron chi connectivity index (χ2n) is 7.53. The smallest absolute Gasteiger partial charge is 0.191 e. The van der Waals surface area contributed by atoms with Crippen molar-refractivity contribution in [1.29, 1.82) is 0 Å². The number of ether oxygens (including phenoxy) is 1. The van der Waals surface area contributed by atoms with E-state index in [0.717, 1.165) is 62.7 Å². The van der Waals surface area contributed by atoms with Crippen LogP contribution in [0.15, 0.2) is 47.6 Å².